The maximum Gasteiger partial charge on any atom is 0.248 e. The van der Waals surface area contributed by atoms with Crippen LogP contribution in [0.3, 0.4) is 0 Å². The summed E-state index contributed by atoms with van der Waals surface area (Å²) in [4.78, 5) is 25.1. The van der Waals surface area contributed by atoms with Crippen LogP contribution in [0.2, 0.25) is 0 Å². The largest absolute Gasteiger partial charge is 0.481 e. The number of hydrogen-bond donors (Lipinski definition) is 2. The fourth-order valence-electron chi connectivity index (χ4n) is 4.17. The lowest BCUT2D eigenvalue weighted by Gasteiger charge is -2.38. The Labute approximate surface area is 171 Å². The predicted molar refractivity (Wildman–Crippen MR) is 110 cm³/mol. The second-order valence-electron chi connectivity index (χ2n) is 8.45. The van der Waals surface area contributed by atoms with Crippen LogP contribution >= 0.6 is 0 Å². The minimum atomic E-state index is -0.0789. The third-order valence-electron chi connectivity index (χ3n) is 6.06. The maximum atomic E-state index is 12.4. The van der Waals surface area contributed by atoms with Gasteiger partial charge in [-0.15, -0.1) is 0 Å². The SMILES string of the molecule is COc1cc(NC[C@@H]2CN(CC3CCN(CC4CC4)CC3)C(=O)CO2)nc(N)n1. The first-order valence-corrected chi connectivity index (χ1v) is 10.6. The summed E-state index contributed by atoms with van der Waals surface area (Å²) in [7, 11) is 1.54. The Balaban J connectivity index is 1.24. The molecule has 9 heteroatoms. The first kappa shape index (κ1) is 20.2. The minimum Gasteiger partial charge on any atom is -0.481 e. The zero-order valence-corrected chi connectivity index (χ0v) is 17.2. The number of ether oxygens (including phenoxy) is 2. The van der Waals surface area contributed by atoms with Crippen molar-refractivity contribution in [2.45, 2.75) is 31.8 Å². The number of likely N-dealkylation sites (tertiary alicyclic amines) is 1. The Morgan fingerprint density at radius 1 is 1.21 bits per heavy atom. The molecule has 3 N–H and O–H groups in total. The van der Waals surface area contributed by atoms with Gasteiger partial charge in [0.1, 0.15) is 12.4 Å². The number of piperidine rings is 1. The lowest BCUT2D eigenvalue weighted by Crippen LogP contribution is -2.51. The lowest BCUT2D eigenvalue weighted by molar-refractivity contribution is -0.149. The number of anilines is 2. The highest BCUT2D eigenvalue weighted by Gasteiger charge is 2.31. The van der Waals surface area contributed by atoms with Crippen molar-refractivity contribution in [1.82, 2.24) is 19.8 Å². The molecular weight excluding hydrogens is 372 g/mol. The number of aromatic nitrogens is 2. The Hall–Kier alpha value is -2.13. The molecule has 0 bridgehead atoms. The van der Waals surface area contributed by atoms with Gasteiger partial charge >= 0.3 is 0 Å². The maximum absolute atomic E-state index is 12.4. The molecule has 2 aliphatic heterocycles. The van der Waals surface area contributed by atoms with Gasteiger partial charge in [-0.05, 0) is 50.6 Å². The zero-order chi connectivity index (χ0) is 20.2. The van der Waals surface area contributed by atoms with E-state index in [4.69, 9.17) is 15.2 Å². The van der Waals surface area contributed by atoms with E-state index in [-0.39, 0.29) is 24.6 Å². The summed E-state index contributed by atoms with van der Waals surface area (Å²) in [5, 5.41) is 3.22. The third-order valence-corrected chi connectivity index (χ3v) is 6.06. The molecule has 0 spiro atoms. The number of carbonyl (C=O) groups excluding carboxylic acids is 1. The van der Waals surface area contributed by atoms with Crippen molar-refractivity contribution in [3.05, 3.63) is 6.07 Å². The molecule has 0 aromatic carbocycles. The van der Waals surface area contributed by atoms with Crippen LogP contribution in [-0.2, 0) is 9.53 Å². The molecule has 0 radical (unpaired) electrons. The van der Waals surface area contributed by atoms with Crippen LogP contribution in [0.4, 0.5) is 11.8 Å². The molecule has 1 amide bonds. The van der Waals surface area contributed by atoms with E-state index in [0.717, 1.165) is 12.5 Å². The number of nitrogens with zero attached hydrogens (tertiary/aromatic N) is 4. The van der Waals surface area contributed by atoms with Gasteiger partial charge in [-0.2, -0.15) is 9.97 Å². The van der Waals surface area contributed by atoms with Gasteiger partial charge in [-0.3, -0.25) is 4.79 Å². The summed E-state index contributed by atoms with van der Waals surface area (Å²) in [5.41, 5.74) is 5.70. The van der Waals surface area contributed by atoms with Gasteiger partial charge in [0.25, 0.3) is 0 Å². The quantitative estimate of drug-likeness (QED) is 0.656. The predicted octanol–water partition coefficient (Wildman–Crippen LogP) is 0.829. The second-order valence-corrected chi connectivity index (χ2v) is 8.45. The molecule has 1 atom stereocenters. The van der Waals surface area contributed by atoms with E-state index in [2.05, 4.69) is 20.2 Å². The fourth-order valence-corrected chi connectivity index (χ4v) is 4.17. The Morgan fingerprint density at radius 2 is 1.97 bits per heavy atom. The number of nitrogen functional groups attached to an aromatic ring is 1. The van der Waals surface area contributed by atoms with Crippen molar-refractivity contribution in [1.29, 1.82) is 0 Å². The monoisotopic (exact) mass is 404 g/mol. The van der Waals surface area contributed by atoms with Crippen LogP contribution in [0.15, 0.2) is 6.07 Å². The number of morpholine rings is 1. The van der Waals surface area contributed by atoms with Crippen molar-refractivity contribution in [3.63, 3.8) is 0 Å². The average molecular weight is 405 g/mol. The molecule has 1 aromatic rings. The molecule has 1 aromatic heterocycles. The lowest BCUT2D eigenvalue weighted by atomic mass is 9.95. The summed E-state index contributed by atoms with van der Waals surface area (Å²) in [6.45, 7) is 5.74. The molecule has 3 aliphatic rings. The van der Waals surface area contributed by atoms with E-state index in [1.54, 1.807) is 6.07 Å². The standard InChI is InChI=1S/C20H32N6O3/c1-28-18-8-17(23-20(21)24-18)22-9-16-12-26(19(27)13-29-16)11-15-4-6-25(7-5-15)10-14-2-3-14/h8,14-16H,2-7,9-13H2,1H3,(H3,21,22,23,24)/t16-/m1/s1. The van der Waals surface area contributed by atoms with E-state index in [1.165, 1.54) is 52.4 Å². The van der Waals surface area contributed by atoms with Gasteiger partial charge < -0.3 is 30.3 Å². The van der Waals surface area contributed by atoms with E-state index in [1.807, 2.05) is 4.90 Å². The third kappa shape index (κ3) is 5.70. The molecular formula is C20H32N6O3. The number of nitrogens with one attached hydrogen (secondary N) is 1. The van der Waals surface area contributed by atoms with Crippen LogP contribution in [-0.4, -0.2) is 84.8 Å². The topological polar surface area (TPSA) is 106 Å². The Morgan fingerprint density at radius 3 is 2.69 bits per heavy atom. The Bertz CT molecular complexity index is 705. The number of carbonyl (C=O) groups is 1. The van der Waals surface area contributed by atoms with Crippen LogP contribution in [0.5, 0.6) is 5.88 Å². The van der Waals surface area contributed by atoms with E-state index >= 15 is 0 Å². The molecule has 2 saturated heterocycles. The van der Waals surface area contributed by atoms with Gasteiger partial charge in [0.15, 0.2) is 0 Å². The first-order chi connectivity index (χ1) is 14.1. The Kier molecular flexibility index (Phi) is 6.34. The van der Waals surface area contributed by atoms with Crippen molar-refractivity contribution in [2.24, 2.45) is 11.8 Å². The normalized spacial score (nSPS) is 24.0. The summed E-state index contributed by atoms with van der Waals surface area (Å²) in [6.07, 6.45) is 5.10. The van der Waals surface area contributed by atoms with E-state index < -0.39 is 0 Å². The molecule has 4 rings (SSSR count). The smallest absolute Gasteiger partial charge is 0.248 e. The zero-order valence-electron chi connectivity index (χ0n) is 17.2. The highest BCUT2D eigenvalue weighted by Crippen LogP contribution is 2.31. The molecule has 0 unspecified atom stereocenters. The second kappa shape index (κ2) is 9.13. The number of nitrogens with two attached hydrogens (primary N) is 1. The molecule has 9 nitrogen and oxygen atoms in total. The molecule has 1 aliphatic carbocycles. The first-order valence-electron chi connectivity index (χ1n) is 10.6. The van der Waals surface area contributed by atoms with Crippen LogP contribution < -0.4 is 15.8 Å². The fraction of sp³-hybridized carbons (Fsp3) is 0.750. The van der Waals surface area contributed by atoms with E-state index in [9.17, 15) is 4.79 Å². The summed E-state index contributed by atoms with van der Waals surface area (Å²) in [6, 6.07) is 1.69. The van der Waals surface area contributed by atoms with Gasteiger partial charge in [0, 0.05) is 32.2 Å². The minimum absolute atomic E-state index is 0.0789. The summed E-state index contributed by atoms with van der Waals surface area (Å²) >= 11 is 0. The van der Waals surface area contributed by atoms with Crippen LogP contribution in [0.1, 0.15) is 25.7 Å². The van der Waals surface area contributed by atoms with Crippen molar-refractivity contribution >= 4 is 17.7 Å². The highest BCUT2D eigenvalue weighted by atomic mass is 16.5. The van der Waals surface area contributed by atoms with Crippen LogP contribution in [0, 0.1) is 11.8 Å². The molecule has 3 heterocycles. The van der Waals surface area contributed by atoms with Gasteiger partial charge in [-0.25, -0.2) is 0 Å². The molecule has 160 valence electrons. The molecule has 29 heavy (non-hydrogen) atoms. The number of amides is 1. The number of rotatable bonds is 8. The summed E-state index contributed by atoms with van der Waals surface area (Å²) < 4.78 is 10.8. The number of hydrogen-bond acceptors (Lipinski definition) is 8. The van der Waals surface area contributed by atoms with E-state index in [0.29, 0.717) is 30.7 Å². The van der Waals surface area contributed by atoms with Crippen molar-refractivity contribution in [2.75, 3.05) is 64.0 Å². The van der Waals surface area contributed by atoms with Crippen LogP contribution in [0.25, 0.3) is 0 Å². The number of methoxy groups -OCH3 is 1. The van der Waals surface area contributed by atoms with Gasteiger partial charge in [0.2, 0.25) is 17.7 Å². The summed E-state index contributed by atoms with van der Waals surface area (Å²) in [5.74, 6) is 2.78. The van der Waals surface area contributed by atoms with Crippen molar-refractivity contribution in [3.8, 4) is 5.88 Å². The molecule has 1 saturated carbocycles. The molecule has 3 fully saturated rings. The van der Waals surface area contributed by atoms with Gasteiger partial charge in [-0.1, -0.05) is 0 Å². The average Bonchev–Trinajstić information content (AvgIpc) is 3.53. The van der Waals surface area contributed by atoms with Gasteiger partial charge in [0.05, 0.1) is 13.2 Å². The van der Waals surface area contributed by atoms with Crippen molar-refractivity contribution < 1.29 is 14.3 Å². The highest BCUT2D eigenvalue weighted by molar-refractivity contribution is 5.78.